The Labute approximate surface area is 83.5 Å². The van der Waals surface area contributed by atoms with Crippen molar-refractivity contribution in [2.45, 2.75) is 26.7 Å². The van der Waals surface area contributed by atoms with Gasteiger partial charge in [0, 0.05) is 16.1 Å². The van der Waals surface area contributed by atoms with Gasteiger partial charge in [-0.3, -0.25) is 0 Å². The molecule has 0 saturated heterocycles. The smallest absolute Gasteiger partial charge is 0.137 e. The third kappa shape index (κ3) is 2.02. The molecule has 0 fully saturated rings. The van der Waals surface area contributed by atoms with Crippen LogP contribution in [0.4, 0.5) is 5.69 Å². The standard InChI is InChI=1S/C10H14ClNO/c1-3-7-5-6-9(11)8(4-2)10(7)12-13/h5-6H,3-4,12H2,1-2H3. The summed E-state index contributed by atoms with van der Waals surface area (Å²) in [5.74, 6) is 0. The van der Waals surface area contributed by atoms with Crippen molar-refractivity contribution in [1.82, 2.24) is 0 Å². The van der Waals surface area contributed by atoms with E-state index < -0.39 is 0 Å². The molecule has 1 aromatic carbocycles. The highest BCUT2D eigenvalue weighted by Gasteiger charge is 2.10. The minimum atomic E-state index is 0.696. The quantitative estimate of drug-likeness (QED) is 0.588. The normalized spacial score (nSPS) is 10.5. The predicted octanol–water partition coefficient (Wildman–Crippen LogP) is 2.16. The van der Waals surface area contributed by atoms with Gasteiger partial charge in [0.1, 0.15) is 5.69 Å². The lowest BCUT2D eigenvalue weighted by molar-refractivity contribution is -0.498. The van der Waals surface area contributed by atoms with Gasteiger partial charge >= 0.3 is 0 Å². The maximum atomic E-state index is 10.9. The maximum absolute atomic E-state index is 10.9. The molecule has 0 atom stereocenters. The molecule has 0 radical (unpaired) electrons. The van der Waals surface area contributed by atoms with E-state index in [0.717, 1.165) is 35.1 Å². The lowest BCUT2D eigenvalue weighted by Crippen LogP contribution is -2.71. The second-order valence-corrected chi connectivity index (χ2v) is 3.33. The Morgan fingerprint density at radius 1 is 1.31 bits per heavy atom. The number of aryl methyl sites for hydroxylation is 1. The van der Waals surface area contributed by atoms with Crippen LogP contribution >= 0.6 is 11.6 Å². The third-order valence-corrected chi connectivity index (χ3v) is 2.60. The summed E-state index contributed by atoms with van der Waals surface area (Å²) >= 11 is 5.98. The molecule has 72 valence electrons. The second-order valence-electron chi connectivity index (χ2n) is 2.92. The highest BCUT2D eigenvalue weighted by molar-refractivity contribution is 6.31. The molecule has 0 spiro atoms. The summed E-state index contributed by atoms with van der Waals surface area (Å²) in [5.41, 5.74) is 3.73. The van der Waals surface area contributed by atoms with Gasteiger partial charge in [0.15, 0.2) is 0 Å². The predicted molar refractivity (Wildman–Crippen MR) is 55.2 cm³/mol. The van der Waals surface area contributed by atoms with Crippen molar-refractivity contribution in [3.8, 4) is 0 Å². The molecule has 1 aromatic rings. The molecule has 0 amide bonds. The molecule has 0 aromatic heterocycles. The Balaban J connectivity index is 3.27. The van der Waals surface area contributed by atoms with Crippen LogP contribution in [-0.2, 0) is 12.8 Å². The Morgan fingerprint density at radius 3 is 2.46 bits per heavy atom. The summed E-state index contributed by atoms with van der Waals surface area (Å²) in [4.78, 5) is 0. The van der Waals surface area contributed by atoms with Gasteiger partial charge in [0.05, 0.1) is 0 Å². The van der Waals surface area contributed by atoms with Crippen molar-refractivity contribution in [1.29, 1.82) is 0 Å². The summed E-state index contributed by atoms with van der Waals surface area (Å²) in [5, 5.41) is 11.6. The first-order valence-electron chi connectivity index (χ1n) is 4.50. The van der Waals surface area contributed by atoms with E-state index in [2.05, 4.69) is 0 Å². The molecule has 0 bridgehead atoms. The largest absolute Gasteiger partial charge is 0.630 e. The summed E-state index contributed by atoms with van der Waals surface area (Å²) in [7, 11) is 0. The molecule has 0 saturated carbocycles. The molecule has 3 heteroatoms. The zero-order chi connectivity index (χ0) is 9.84. The van der Waals surface area contributed by atoms with Crippen molar-refractivity contribution in [2.24, 2.45) is 0 Å². The average molecular weight is 200 g/mol. The lowest BCUT2D eigenvalue weighted by Gasteiger charge is -2.12. The molecule has 2 nitrogen and oxygen atoms in total. The molecule has 0 aliphatic heterocycles. The summed E-state index contributed by atoms with van der Waals surface area (Å²) in [6.45, 7) is 4.04. The third-order valence-electron chi connectivity index (χ3n) is 2.24. The second kappa shape index (κ2) is 4.61. The van der Waals surface area contributed by atoms with Crippen LogP contribution in [0.2, 0.25) is 5.02 Å². The zero-order valence-electron chi connectivity index (χ0n) is 7.93. The first kappa shape index (κ1) is 10.5. The number of halogens is 1. The summed E-state index contributed by atoms with van der Waals surface area (Å²) in [6, 6.07) is 3.79. The molecule has 13 heavy (non-hydrogen) atoms. The van der Waals surface area contributed by atoms with Crippen LogP contribution in [0, 0.1) is 5.21 Å². The fraction of sp³-hybridized carbons (Fsp3) is 0.400. The van der Waals surface area contributed by atoms with Crippen LogP contribution in [0.3, 0.4) is 0 Å². The number of benzene rings is 1. The van der Waals surface area contributed by atoms with Gasteiger partial charge in [0.25, 0.3) is 0 Å². The summed E-state index contributed by atoms with van der Waals surface area (Å²) < 4.78 is 0. The van der Waals surface area contributed by atoms with E-state index in [9.17, 15) is 5.21 Å². The topological polar surface area (TPSA) is 39.7 Å². The Kier molecular flexibility index (Phi) is 3.72. The van der Waals surface area contributed by atoms with E-state index in [1.54, 1.807) is 0 Å². The number of hydrogen-bond acceptors (Lipinski definition) is 1. The highest BCUT2D eigenvalue weighted by Crippen LogP contribution is 2.25. The Bertz CT molecular complexity index is 299. The van der Waals surface area contributed by atoms with Crippen LogP contribution in [0.1, 0.15) is 25.0 Å². The molecule has 0 aliphatic carbocycles. The summed E-state index contributed by atoms with van der Waals surface area (Å²) in [6.07, 6.45) is 1.68. The molecular formula is C10H14ClNO. The van der Waals surface area contributed by atoms with Crippen LogP contribution in [0.25, 0.3) is 0 Å². The number of hydrogen-bond donors (Lipinski definition) is 1. The van der Waals surface area contributed by atoms with Gasteiger partial charge in [-0.15, -0.1) is 0 Å². The monoisotopic (exact) mass is 199 g/mol. The fourth-order valence-electron chi connectivity index (χ4n) is 1.50. The average Bonchev–Trinajstić information content (AvgIpc) is 2.17. The van der Waals surface area contributed by atoms with Crippen LogP contribution < -0.4 is 5.48 Å². The van der Waals surface area contributed by atoms with Crippen molar-refractivity contribution in [3.63, 3.8) is 0 Å². The van der Waals surface area contributed by atoms with Crippen molar-refractivity contribution < 1.29 is 5.48 Å². The number of quaternary nitrogens is 1. The minimum absolute atomic E-state index is 0.696. The van der Waals surface area contributed by atoms with E-state index in [1.165, 1.54) is 0 Å². The molecule has 0 unspecified atom stereocenters. The zero-order valence-corrected chi connectivity index (χ0v) is 8.69. The van der Waals surface area contributed by atoms with Gasteiger partial charge in [0.2, 0.25) is 0 Å². The lowest BCUT2D eigenvalue weighted by atomic mass is 10.0. The number of rotatable bonds is 3. The highest BCUT2D eigenvalue weighted by atomic mass is 35.5. The van der Waals surface area contributed by atoms with E-state index in [-0.39, 0.29) is 0 Å². The maximum Gasteiger partial charge on any atom is 0.137 e. The molecule has 2 N–H and O–H groups in total. The minimum Gasteiger partial charge on any atom is -0.630 e. The van der Waals surface area contributed by atoms with Gasteiger partial charge in [-0.25, -0.2) is 0 Å². The van der Waals surface area contributed by atoms with Crippen molar-refractivity contribution in [2.75, 3.05) is 0 Å². The first-order chi connectivity index (χ1) is 6.24. The molecule has 0 aliphatic rings. The Hall–Kier alpha value is -0.570. The van der Waals surface area contributed by atoms with Crippen LogP contribution in [0.5, 0.6) is 0 Å². The van der Waals surface area contributed by atoms with Crippen LogP contribution in [-0.4, -0.2) is 0 Å². The Morgan fingerprint density at radius 2 is 2.00 bits per heavy atom. The van der Waals surface area contributed by atoms with Crippen LogP contribution in [0.15, 0.2) is 12.1 Å². The number of nitrogens with two attached hydrogens (primary N) is 1. The van der Waals surface area contributed by atoms with E-state index >= 15 is 0 Å². The van der Waals surface area contributed by atoms with E-state index in [4.69, 9.17) is 11.6 Å². The molecule has 0 heterocycles. The molecule has 1 rings (SSSR count). The van der Waals surface area contributed by atoms with Gasteiger partial charge in [-0.05, 0) is 18.9 Å². The van der Waals surface area contributed by atoms with E-state index in [0.29, 0.717) is 5.02 Å². The van der Waals surface area contributed by atoms with Gasteiger partial charge in [-0.2, -0.15) is 0 Å². The van der Waals surface area contributed by atoms with Gasteiger partial charge in [-0.1, -0.05) is 31.5 Å². The SMILES string of the molecule is CCc1ccc(Cl)c(CC)c1[NH2+][O-]. The molecular weight excluding hydrogens is 186 g/mol. The van der Waals surface area contributed by atoms with Crippen molar-refractivity contribution in [3.05, 3.63) is 33.5 Å². The first-order valence-corrected chi connectivity index (χ1v) is 4.87. The fourth-order valence-corrected chi connectivity index (χ4v) is 1.80. The van der Waals surface area contributed by atoms with Crippen molar-refractivity contribution >= 4 is 17.3 Å². The van der Waals surface area contributed by atoms with Gasteiger partial charge < -0.3 is 10.7 Å². The van der Waals surface area contributed by atoms with E-state index in [1.807, 2.05) is 26.0 Å².